The summed E-state index contributed by atoms with van der Waals surface area (Å²) in [5, 5.41) is 68.9. The van der Waals surface area contributed by atoms with Crippen molar-refractivity contribution in [3.05, 3.63) is 0 Å². The SMILES string of the molecule is COCC1O[C@@H](O[C@@H]2C(CO)O[C@@H](O[C@@H]3C(CO)O[C@@H](C)C(NC(C)=O)[C@H]3O)C(NC(C)=O)[C@H]2O)C(O)[C@@H](OC)[C@@H]1O. The van der Waals surface area contributed by atoms with E-state index in [0.29, 0.717) is 0 Å². The highest BCUT2D eigenvalue weighted by atomic mass is 16.7. The van der Waals surface area contributed by atoms with Crippen LogP contribution in [0.1, 0.15) is 20.8 Å². The molecular formula is C25H44N2O15. The van der Waals surface area contributed by atoms with Gasteiger partial charge in [-0.1, -0.05) is 0 Å². The molecule has 17 heteroatoms. The van der Waals surface area contributed by atoms with Crippen molar-refractivity contribution in [1.29, 1.82) is 0 Å². The fraction of sp³-hybridized carbons (Fsp3) is 0.920. The summed E-state index contributed by atoms with van der Waals surface area (Å²) in [6.45, 7) is 2.64. The van der Waals surface area contributed by atoms with Gasteiger partial charge < -0.3 is 74.4 Å². The van der Waals surface area contributed by atoms with E-state index >= 15 is 0 Å². The van der Waals surface area contributed by atoms with Crippen LogP contribution in [-0.2, 0) is 42.7 Å². The fourth-order valence-corrected chi connectivity index (χ4v) is 5.54. The quantitative estimate of drug-likeness (QED) is 0.109. The summed E-state index contributed by atoms with van der Waals surface area (Å²) >= 11 is 0. The summed E-state index contributed by atoms with van der Waals surface area (Å²) in [4.78, 5) is 23.8. The molecule has 3 rings (SSSR count). The van der Waals surface area contributed by atoms with Crippen LogP contribution in [0.15, 0.2) is 0 Å². The molecule has 0 aromatic rings. The van der Waals surface area contributed by atoms with Crippen LogP contribution >= 0.6 is 0 Å². The number of aliphatic hydroxyl groups excluding tert-OH is 6. The molecule has 0 aromatic heterocycles. The second-order valence-electron chi connectivity index (χ2n) is 10.6. The highest BCUT2D eigenvalue weighted by Gasteiger charge is 2.54. The van der Waals surface area contributed by atoms with Gasteiger partial charge in [-0.25, -0.2) is 0 Å². The number of ether oxygens (including phenoxy) is 7. The third-order valence-corrected chi connectivity index (χ3v) is 7.57. The highest BCUT2D eigenvalue weighted by molar-refractivity contribution is 5.73. The number of nitrogens with one attached hydrogen (secondary N) is 2. The highest BCUT2D eigenvalue weighted by Crippen LogP contribution is 2.33. The first-order valence-corrected chi connectivity index (χ1v) is 13.7. The summed E-state index contributed by atoms with van der Waals surface area (Å²) in [7, 11) is 2.65. The molecule has 3 aliphatic rings. The zero-order chi connectivity index (χ0) is 31.3. The van der Waals surface area contributed by atoms with E-state index in [2.05, 4.69) is 10.6 Å². The zero-order valence-electron chi connectivity index (χ0n) is 24.1. The van der Waals surface area contributed by atoms with Crippen LogP contribution in [0.4, 0.5) is 0 Å². The molecule has 15 atom stereocenters. The Hall–Kier alpha value is -1.58. The van der Waals surface area contributed by atoms with Gasteiger partial charge >= 0.3 is 0 Å². The molecule has 2 amide bonds. The molecule has 0 bridgehead atoms. The van der Waals surface area contributed by atoms with Crippen LogP contribution in [0.5, 0.6) is 0 Å². The summed E-state index contributed by atoms with van der Waals surface area (Å²) in [6.07, 6.45) is -16.8. The van der Waals surface area contributed by atoms with Crippen LogP contribution in [-0.4, -0.2) is 168 Å². The normalized spacial score (nSPS) is 44.4. The third-order valence-electron chi connectivity index (χ3n) is 7.57. The van der Waals surface area contributed by atoms with E-state index in [1.54, 1.807) is 6.92 Å². The van der Waals surface area contributed by atoms with E-state index in [0.717, 1.165) is 0 Å². The molecule has 0 aromatic carbocycles. The number of carbonyl (C=O) groups is 2. The van der Waals surface area contributed by atoms with Crippen molar-refractivity contribution in [2.75, 3.05) is 34.0 Å². The molecule has 3 heterocycles. The smallest absolute Gasteiger partial charge is 0.217 e. The average molecular weight is 613 g/mol. The van der Waals surface area contributed by atoms with Crippen molar-refractivity contribution in [3.8, 4) is 0 Å². The number of amides is 2. The standard InChI is InChI=1S/C25H44N2O15/c1-9-15(26-10(2)30)18(33)21(12(6-28)38-9)41-24-16(27-11(3)31)19(34)22(13(7-29)39-24)42-25-20(35)23(37-5)17(32)14(40-25)8-36-4/h9,12-25,28-29,32-35H,6-8H2,1-5H3,(H,26,30)(H,27,31)/t9-,12?,13?,14?,15?,16?,17+,18+,19+,20?,21+,22+,23-,24-,25-/m0/s1. The van der Waals surface area contributed by atoms with Gasteiger partial charge in [0, 0.05) is 28.1 Å². The molecule has 6 unspecified atom stereocenters. The molecule has 3 saturated heterocycles. The Bertz CT molecular complexity index is 885. The minimum atomic E-state index is -1.64. The van der Waals surface area contributed by atoms with E-state index in [1.165, 1.54) is 28.1 Å². The van der Waals surface area contributed by atoms with Gasteiger partial charge in [-0.15, -0.1) is 0 Å². The Kier molecular flexibility index (Phi) is 12.8. The number of hydrogen-bond acceptors (Lipinski definition) is 15. The van der Waals surface area contributed by atoms with E-state index in [1.807, 2.05) is 0 Å². The van der Waals surface area contributed by atoms with Crippen LogP contribution in [0.25, 0.3) is 0 Å². The number of rotatable bonds is 11. The van der Waals surface area contributed by atoms with Crippen molar-refractivity contribution in [3.63, 3.8) is 0 Å². The van der Waals surface area contributed by atoms with Gasteiger partial charge in [-0.05, 0) is 6.92 Å². The van der Waals surface area contributed by atoms with Gasteiger partial charge in [0.25, 0.3) is 0 Å². The first-order valence-electron chi connectivity index (χ1n) is 13.7. The minimum Gasteiger partial charge on any atom is -0.394 e. The molecule has 0 saturated carbocycles. The van der Waals surface area contributed by atoms with Crippen molar-refractivity contribution < 1.29 is 73.4 Å². The van der Waals surface area contributed by atoms with E-state index in [-0.39, 0.29) is 6.61 Å². The number of aliphatic hydroxyl groups is 6. The Morgan fingerprint density at radius 1 is 0.690 bits per heavy atom. The van der Waals surface area contributed by atoms with E-state index in [4.69, 9.17) is 33.2 Å². The Morgan fingerprint density at radius 2 is 1.19 bits per heavy atom. The van der Waals surface area contributed by atoms with Crippen molar-refractivity contribution in [2.24, 2.45) is 0 Å². The molecular weight excluding hydrogens is 568 g/mol. The van der Waals surface area contributed by atoms with Gasteiger partial charge in [0.2, 0.25) is 11.8 Å². The molecule has 0 radical (unpaired) electrons. The summed E-state index contributed by atoms with van der Waals surface area (Å²) in [6, 6.07) is -2.29. The first kappa shape index (κ1) is 34.9. The number of carbonyl (C=O) groups excluding carboxylic acids is 2. The summed E-state index contributed by atoms with van der Waals surface area (Å²) in [5.41, 5.74) is 0. The first-order chi connectivity index (χ1) is 19.9. The second-order valence-corrected chi connectivity index (χ2v) is 10.6. The van der Waals surface area contributed by atoms with Crippen LogP contribution < -0.4 is 10.6 Å². The topological polar surface area (TPSA) is 244 Å². The van der Waals surface area contributed by atoms with Gasteiger partial charge in [0.15, 0.2) is 12.6 Å². The predicted octanol–water partition coefficient (Wildman–Crippen LogP) is -4.91. The van der Waals surface area contributed by atoms with Gasteiger partial charge in [-0.2, -0.15) is 0 Å². The van der Waals surface area contributed by atoms with Crippen LogP contribution in [0, 0.1) is 0 Å². The van der Waals surface area contributed by atoms with Crippen LogP contribution in [0.3, 0.4) is 0 Å². The molecule has 0 aliphatic carbocycles. The lowest BCUT2D eigenvalue weighted by Crippen LogP contribution is -2.70. The molecule has 3 fully saturated rings. The maximum atomic E-state index is 12.1. The zero-order valence-corrected chi connectivity index (χ0v) is 24.1. The van der Waals surface area contributed by atoms with E-state index < -0.39 is 117 Å². The number of methoxy groups -OCH3 is 2. The maximum absolute atomic E-state index is 12.1. The largest absolute Gasteiger partial charge is 0.394 e. The summed E-state index contributed by atoms with van der Waals surface area (Å²) in [5.74, 6) is -1.04. The lowest BCUT2D eigenvalue weighted by molar-refractivity contribution is -0.359. The lowest BCUT2D eigenvalue weighted by atomic mass is 9.92. The van der Waals surface area contributed by atoms with Crippen LogP contribution in [0.2, 0.25) is 0 Å². The molecule has 3 aliphatic heterocycles. The molecule has 8 N–H and O–H groups in total. The molecule has 17 nitrogen and oxygen atoms in total. The average Bonchev–Trinajstić information content (AvgIpc) is 2.93. The van der Waals surface area contributed by atoms with Gasteiger partial charge in [0.1, 0.15) is 67.1 Å². The number of hydrogen-bond donors (Lipinski definition) is 8. The van der Waals surface area contributed by atoms with Crippen molar-refractivity contribution in [2.45, 2.75) is 113 Å². The Labute approximate surface area is 242 Å². The molecule has 42 heavy (non-hydrogen) atoms. The maximum Gasteiger partial charge on any atom is 0.217 e. The van der Waals surface area contributed by atoms with Gasteiger partial charge in [-0.3, -0.25) is 9.59 Å². The third kappa shape index (κ3) is 7.73. The molecule has 0 spiro atoms. The fourth-order valence-electron chi connectivity index (χ4n) is 5.54. The lowest BCUT2D eigenvalue weighted by Gasteiger charge is -2.49. The molecule has 244 valence electrons. The van der Waals surface area contributed by atoms with Gasteiger partial charge in [0.05, 0.1) is 32.0 Å². The van der Waals surface area contributed by atoms with Crippen molar-refractivity contribution in [1.82, 2.24) is 10.6 Å². The van der Waals surface area contributed by atoms with E-state index in [9.17, 15) is 40.2 Å². The minimum absolute atomic E-state index is 0.0822. The Balaban J connectivity index is 1.86. The Morgan fingerprint density at radius 3 is 1.71 bits per heavy atom. The second kappa shape index (κ2) is 15.4. The monoisotopic (exact) mass is 612 g/mol. The predicted molar refractivity (Wildman–Crippen MR) is 137 cm³/mol. The van der Waals surface area contributed by atoms with Crippen molar-refractivity contribution >= 4 is 11.8 Å². The summed E-state index contributed by atoms with van der Waals surface area (Å²) < 4.78 is 39.5.